The Kier molecular flexibility index (Phi) is 3.15. The van der Waals surface area contributed by atoms with Crippen LogP contribution in [0.2, 0.25) is 0 Å². The van der Waals surface area contributed by atoms with Gasteiger partial charge in [0.15, 0.2) is 0 Å². The fourth-order valence-corrected chi connectivity index (χ4v) is 3.30. The molecule has 1 aromatic carbocycles. The smallest absolute Gasteiger partial charge is 0.272 e. The van der Waals surface area contributed by atoms with Crippen LogP contribution < -0.4 is 21.2 Å². The van der Waals surface area contributed by atoms with Crippen molar-refractivity contribution >= 4 is 32.4 Å². The Morgan fingerprint density at radius 2 is 1.82 bits per heavy atom. The second-order valence-electron chi connectivity index (χ2n) is 5.03. The van der Waals surface area contributed by atoms with Gasteiger partial charge in [0, 0.05) is 13.0 Å². The van der Waals surface area contributed by atoms with Gasteiger partial charge in [-0.1, -0.05) is 6.07 Å². The maximum Gasteiger partial charge on any atom is 0.272 e. The van der Waals surface area contributed by atoms with Crippen LogP contribution in [0.1, 0.15) is 6.42 Å². The number of anilines is 1. The largest absolute Gasteiger partial charge is 0.310 e. The highest BCUT2D eigenvalue weighted by Gasteiger charge is 2.38. The SMILES string of the molecule is NS(=O)(=O)C1CC(=O)N(c2cccc3c(=O)[nH][nH]c(=O)c23)C1. The molecule has 4 N–H and O–H groups in total. The topological polar surface area (TPSA) is 146 Å². The van der Waals surface area contributed by atoms with Crippen molar-refractivity contribution in [2.24, 2.45) is 5.14 Å². The number of aromatic amines is 2. The van der Waals surface area contributed by atoms with Crippen LogP contribution in [0.5, 0.6) is 0 Å². The van der Waals surface area contributed by atoms with Crippen LogP contribution in [-0.2, 0) is 14.8 Å². The Labute approximate surface area is 123 Å². The number of hydrogen-bond donors (Lipinski definition) is 3. The maximum absolute atomic E-state index is 12.1. The molecule has 0 radical (unpaired) electrons. The monoisotopic (exact) mass is 324 g/mol. The Morgan fingerprint density at radius 3 is 2.45 bits per heavy atom. The minimum Gasteiger partial charge on any atom is -0.310 e. The molecule has 116 valence electrons. The average molecular weight is 324 g/mol. The van der Waals surface area contributed by atoms with Crippen LogP contribution in [-0.4, -0.2) is 36.3 Å². The fraction of sp³-hybridized carbons (Fsp3) is 0.250. The number of fused-ring (bicyclic) bond motifs is 1. The van der Waals surface area contributed by atoms with Crippen molar-refractivity contribution in [3.05, 3.63) is 38.9 Å². The molecule has 2 aromatic rings. The van der Waals surface area contributed by atoms with E-state index in [2.05, 4.69) is 10.2 Å². The molecule has 0 bridgehead atoms. The molecule has 0 saturated carbocycles. The Morgan fingerprint density at radius 1 is 1.14 bits per heavy atom. The lowest BCUT2D eigenvalue weighted by Gasteiger charge is -2.17. The van der Waals surface area contributed by atoms with Gasteiger partial charge in [0.05, 0.1) is 16.5 Å². The number of aromatic nitrogens is 2. The van der Waals surface area contributed by atoms with Gasteiger partial charge in [-0.2, -0.15) is 0 Å². The van der Waals surface area contributed by atoms with Gasteiger partial charge in [0.25, 0.3) is 11.1 Å². The molecule has 3 rings (SSSR count). The van der Waals surface area contributed by atoms with E-state index in [0.29, 0.717) is 0 Å². The van der Waals surface area contributed by atoms with Crippen molar-refractivity contribution in [1.29, 1.82) is 0 Å². The molecule has 0 spiro atoms. The quantitative estimate of drug-likeness (QED) is 0.622. The third-order valence-corrected chi connectivity index (χ3v) is 4.89. The van der Waals surface area contributed by atoms with Gasteiger partial charge < -0.3 is 4.90 Å². The van der Waals surface area contributed by atoms with Crippen LogP contribution in [0.25, 0.3) is 10.8 Å². The molecule has 1 aliphatic heterocycles. The molecule has 10 heteroatoms. The van der Waals surface area contributed by atoms with Crippen molar-refractivity contribution in [3.8, 4) is 0 Å². The van der Waals surface area contributed by atoms with E-state index in [1.54, 1.807) is 0 Å². The lowest BCUT2D eigenvalue weighted by Crippen LogP contribution is -2.33. The Hall–Kier alpha value is -2.46. The van der Waals surface area contributed by atoms with Crippen molar-refractivity contribution < 1.29 is 13.2 Å². The number of nitrogens with zero attached hydrogens (tertiary/aromatic N) is 1. The predicted octanol–water partition coefficient (Wildman–Crippen LogP) is -1.39. The zero-order chi connectivity index (χ0) is 16.1. The second-order valence-corrected chi connectivity index (χ2v) is 6.87. The number of benzene rings is 1. The zero-order valence-corrected chi connectivity index (χ0v) is 12.0. The number of amides is 1. The summed E-state index contributed by atoms with van der Waals surface area (Å²) in [5, 5.41) is 8.59. The average Bonchev–Trinajstić information content (AvgIpc) is 2.84. The minimum atomic E-state index is -3.86. The maximum atomic E-state index is 12.1. The molecule has 1 atom stereocenters. The molecule has 2 heterocycles. The first-order valence-electron chi connectivity index (χ1n) is 6.34. The van der Waals surface area contributed by atoms with Gasteiger partial charge in [-0.15, -0.1) is 0 Å². The summed E-state index contributed by atoms with van der Waals surface area (Å²) < 4.78 is 22.8. The molecule has 1 saturated heterocycles. The Balaban J connectivity index is 2.20. The van der Waals surface area contributed by atoms with E-state index >= 15 is 0 Å². The van der Waals surface area contributed by atoms with Gasteiger partial charge in [-0.25, -0.2) is 13.6 Å². The van der Waals surface area contributed by atoms with Gasteiger partial charge in [-0.3, -0.25) is 24.6 Å². The summed E-state index contributed by atoms with van der Waals surface area (Å²) in [5.41, 5.74) is -0.885. The van der Waals surface area contributed by atoms with E-state index in [0.717, 1.165) is 0 Å². The summed E-state index contributed by atoms with van der Waals surface area (Å²) in [6.07, 6.45) is -0.254. The number of carbonyl (C=O) groups is 1. The number of nitrogens with one attached hydrogen (secondary N) is 2. The molecule has 1 aromatic heterocycles. The number of hydrogen-bond acceptors (Lipinski definition) is 5. The van der Waals surface area contributed by atoms with Gasteiger partial charge in [0.1, 0.15) is 5.25 Å². The van der Waals surface area contributed by atoms with E-state index in [4.69, 9.17) is 5.14 Å². The third kappa shape index (κ3) is 2.22. The van der Waals surface area contributed by atoms with E-state index in [1.165, 1.54) is 23.1 Å². The zero-order valence-electron chi connectivity index (χ0n) is 11.2. The fourth-order valence-electron chi connectivity index (χ4n) is 2.56. The summed E-state index contributed by atoms with van der Waals surface area (Å²) in [4.78, 5) is 37.0. The van der Waals surface area contributed by atoms with E-state index in [1.807, 2.05) is 0 Å². The highest BCUT2D eigenvalue weighted by molar-refractivity contribution is 7.89. The first-order valence-corrected chi connectivity index (χ1v) is 7.95. The van der Waals surface area contributed by atoms with Crippen molar-refractivity contribution in [1.82, 2.24) is 10.2 Å². The molecule has 1 unspecified atom stereocenters. The summed E-state index contributed by atoms with van der Waals surface area (Å²) >= 11 is 0. The van der Waals surface area contributed by atoms with Crippen LogP contribution >= 0.6 is 0 Å². The first-order chi connectivity index (χ1) is 10.3. The second kappa shape index (κ2) is 4.78. The van der Waals surface area contributed by atoms with Gasteiger partial charge in [0.2, 0.25) is 15.9 Å². The van der Waals surface area contributed by atoms with Crippen LogP contribution in [0.15, 0.2) is 27.8 Å². The van der Waals surface area contributed by atoms with Crippen LogP contribution in [0, 0.1) is 0 Å². The standard InChI is InChI=1S/C12H12N4O5S/c13-22(20,21)6-4-9(17)16(5-6)8-3-1-2-7-10(8)12(19)15-14-11(7)18/h1-3,6H,4-5H2,(H,14,18)(H,15,19)(H2,13,20,21). The van der Waals surface area contributed by atoms with E-state index < -0.39 is 32.3 Å². The summed E-state index contributed by atoms with van der Waals surface area (Å²) in [5.74, 6) is -0.466. The Bertz CT molecular complexity index is 990. The van der Waals surface area contributed by atoms with E-state index in [-0.39, 0.29) is 29.4 Å². The molecular formula is C12H12N4O5S. The van der Waals surface area contributed by atoms with Crippen LogP contribution in [0.4, 0.5) is 5.69 Å². The van der Waals surface area contributed by atoms with E-state index in [9.17, 15) is 22.8 Å². The lowest BCUT2D eigenvalue weighted by molar-refractivity contribution is -0.117. The predicted molar refractivity (Wildman–Crippen MR) is 79.1 cm³/mol. The molecule has 1 aliphatic rings. The summed E-state index contributed by atoms with van der Waals surface area (Å²) in [6, 6.07) is 4.45. The van der Waals surface area contributed by atoms with Crippen molar-refractivity contribution in [2.45, 2.75) is 11.7 Å². The van der Waals surface area contributed by atoms with Gasteiger partial charge in [-0.05, 0) is 12.1 Å². The summed E-state index contributed by atoms with van der Waals surface area (Å²) in [6.45, 7) is -0.150. The first kappa shape index (κ1) is 14.5. The number of nitrogens with two attached hydrogens (primary N) is 1. The van der Waals surface area contributed by atoms with Crippen molar-refractivity contribution in [2.75, 3.05) is 11.4 Å². The van der Waals surface area contributed by atoms with Crippen LogP contribution in [0.3, 0.4) is 0 Å². The molecule has 22 heavy (non-hydrogen) atoms. The molecular weight excluding hydrogens is 312 g/mol. The number of rotatable bonds is 2. The highest BCUT2D eigenvalue weighted by Crippen LogP contribution is 2.28. The highest BCUT2D eigenvalue weighted by atomic mass is 32.2. The molecule has 1 fully saturated rings. The lowest BCUT2D eigenvalue weighted by atomic mass is 10.1. The number of carbonyl (C=O) groups excluding carboxylic acids is 1. The van der Waals surface area contributed by atoms with Crippen molar-refractivity contribution in [3.63, 3.8) is 0 Å². The molecule has 0 aliphatic carbocycles. The minimum absolute atomic E-state index is 0.0367. The summed E-state index contributed by atoms with van der Waals surface area (Å²) in [7, 11) is -3.86. The third-order valence-electron chi connectivity index (χ3n) is 3.65. The number of H-pyrrole nitrogens is 2. The molecule has 1 amide bonds. The number of sulfonamides is 1. The normalized spacial score (nSPS) is 19.0. The number of primary sulfonamides is 1. The van der Waals surface area contributed by atoms with Gasteiger partial charge >= 0.3 is 0 Å². The molecule has 9 nitrogen and oxygen atoms in total.